The zero-order valence-corrected chi connectivity index (χ0v) is 12.1. The number of nitrogens with zero attached hydrogens (tertiary/aromatic N) is 5. The van der Waals surface area contributed by atoms with Gasteiger partial charge in [0.2, 0.25) is 17.2 Å². The number of para-hydroxylation sites is 1. The number of anilines is 2. The van der Waals surface area contributed by atoms with Gasteiger partial charge < -0.3 is 5.32 Å². The van der Waals surface area contributed by atoms with Crippen molar-refractivity contribution in [2.45, 2.75) is 13.3 Å². The monoisotopic (exact) mass is 300 g/mol. The molecule has 0 bridgehead atoms. The zero-order chi connectivity index (χ0) is 14.7. The molecule has 0 atom stereocenters. The summed E-state index contributed by atoms with van der Waals surface area (Å²) < 4.78 is 1.67. The van der Waals surface area contributed by atoms with Gasteiger partial charge >= 0.3 is 0 Å². The molecule has 0 aliphatic carbocycles. The molecule has 0 spiro atoms. The molecule has 0 saturated carbocycles. The molecule has 106 valence electrons. The maximum atomic E-state index is 5.97. The molecule has 1 N–H and O–H groups in total. The average molecular weight is 301 g/mol. The van der Waals surface area contributed by atoms with Gasteiger partial charge in [0.05, 0.1) is 0 Å². The first-order valence-electron chi connectivity index (χ1n) is 6.51. The number of aromatic nitrogens is 5. The molecule has 0 amide bonds. The largest absolute Gasteiger partial charge is 0.324 e. The van der Waals surface area contributed by atoms with Crippen molar-refractivity contribution in [3.05, 3.63) is 53.8 Å². The van der Waals surface area contributed by atoms with Gasteiger partial charge in [0, 0.05) is 18.1 Å². The van der Waals surface area contributed by atoms with Crippen molar-refractivity contribution in [2.75, 3.05) is 5.32 Å². The van der Waals surface area contributed by atoms with Gasteiger partial charge in [-0.3, -0.25) is 4.57 Å². The third-order valence-corrected chi connectivity index (χ3v) is 3.15. The Balaban J connectivity index is 1.96. The fourth-order valence-corrected chi connectivity index (χ4v) is 2.12. The van der Waals surface area contributed by atoms with Crippen LogP contribution in [-0.4, -0.2) is 24.5 Å². The first-order valence-corrected chi connectivity index (χ1v) is 6.89. The number of aryl methyl sites for hydroxylation is 1. The van der Waals surface area contributed by atoms with Gasteiger partial charge in [-0.15, -0.1) is 0 Å². The predicted octanol–water partition coefficient (Wildman–Crippen LogP) is 3.02. The highest BCUT2D eigenvalue weighted by atomic mass is 35.5. The number of benzene rings is 1. The number of imidazole rings is 1. The minimum absolute atomic E-state index is 0.130. The topological polar surface area (TPSA) is 68.5 Å². The molecule has 6 nitrogen and oxygen atoms in total. The van der Waals surface area contributed by atoms with Crippen LogP contribution < -0.4 is 5.32 Å². The van der Waals surface area contributed by atoms with Crippen LogP contribution >= 0.6 is 11.6 Å². The van der Waals surface area contributed by atoms with E-state index in [2.05, 4.69) is 38.2 Å². The number of rotatable bonds is 4. The third-order valence-electron chi connectivity index (χ3n) is 2.98. The summed E-state index contributed by atoms with van der Waals surface area (Å²) in [6.07, 6.45) is 5.92. The van der Waals surface area contributed by atoms with Crippen LogP contribution in [0.5, 0.6) is 0 Å². The van der Waals surface area contributed by atoms with Crippen molar-refractivity contribution in [3.63, 3.8) is 0 Å². The van der Waals surface area contributed by atoms with Crippen molar-refractivity contribution in [2.24, 2.45) is 0 Å². The van der Waals surface area contributed by atoms with Gasteiger partial charge in [0.25, 0.3) is 0 Å². The number of halogens is 1. The molecule has 0 aliphatic heterocycles. The minimum atomic E-state index is 0.130. The molecule has 0 fully saturated rings. The van der Waals surface area contributed by atoms with Crippen LogP contribution in [0.2, 0.25) is 5.28 Å². The molecular weight excluding hydrogens is 288 g/mol. The molecule has 7 heteroatoms. The zero-order valence-electron chi connectivity index (χ0n) is 11.4. The molecule has 3 aromatic rings. The first kappa shape index (κ1) is 13.5. The fourth-order valence-electron chi connectivity index (χ4n) is 1.96. The lowest BCUT2D eigenvalue weighted by molar-refractivity contribution is 0.899. The van der Waals surface area contributed by atoms with Crippen LogP contribution in [0.4, 0.5) is 11.6 Å². The first-order chi connectivity index (χ1) is 10.3. The molecule has 0 aliphatic rings. The number of hydrogen-bond acceptors (Lipinski definition) is 5. The van der Waals surface area contributed by atoms with E-state index in [1.165, 1.54) is 5.56 Å². The fraction of sp³-hybridized carbons (Fsp3) is 0.143. The number of nitrogens with one attached hydrogen (secondary N) is 1. The maximum absolute atomic E-state index is 5.97. The lowest BCUT2D eigenvalue weighted by Crippen LogP contribution is -2.06. The number of hydrogen-bond donors (Lipinski definition) is 1. The third kappa shape index (κ3) is 3.00. The molecular formula is C14H13ClN6. The maximum Gasteiger partial charge on any atom is 0.241 e. The van der Waals surface area contributed by atoms with Crippen molar-refractivity contribution in [1.29, 1.82) is 0 Å². The molecule has 0 unspecified atom stereocenters. The smallest absolute Gasteiger partial charge is 0.241 e. The van der Waals surface area contributed by atoms with Crippen LogP contribution in [0.3, 0.4) is 0 Å². The molecule has 2 aromatic heterocycles. The van der Waals surface area contributed by atoms with Crippen molar-refractivity contribution in [1.82, 2.24) is 24.5 Å². The Labute approximate surface area is 126 Å². The van der Waals surface area contributed by atoms with Gasteiger partial charge in [-0.1, -0.05) is 25.1 Å². The molecule has 1 aromatic carbocycles. The van der Waals surface area contributed by atoms with E-state index in [-0.39, 0.29) is 5.28 Å². The Morgan fingerprint density at radius 2 is 2.05 bits per heavy atom. The summed E-state index contributed by atoms with van der Waals surface area (Å²) in [7, 11) is 0. The van der Waals surface area contributed by atoms with E-state index >= 15 is 0 Å². The summed E-state index contributed by atoms with van der Waals surface area (Å²) >= 11 is 5.97. The molecule has 21 heavy (non-hydrogen) atoms. The van der Waals surface area contributed by atoms with Crippen molar-refractivity contribution >= 4 is 23.2 Å². The SMILES string of the molecule is CCc1ccccc1Nc1nc(Cl)nc(-n2ccnc2)n1. The van der Waals surface area contributed by atoms with Gasteiger partial charge in [0.1, 0.15) is 6.33 Å². The Morgan fingerprint density at radius 1 is 1.19 bits per heavy atom. The second-order valence-electron chi connectivity index (χ2n) is 4.33. The highest BCUT2D eigenvalue weighted by molar-refractivity contribution is 6.28. The Morgan fingerprint density at radius 3 is 2.81 bits per heavy atom. The standard InChI is InChI=1S/C14H13ClN6/c1-2-10-5-3-4-6-11(10)17-13-18-12(15)19-14(20-13)21-8-7-16-9-21/h3-9H,2H2,1H3,(H,17,18,19,20). The average Bonchev–Trinajstić information content (AvgIpc) is 3.01. The van der Waals surface area contributed by atoms with E-state index in [1.54, 1.807) is 23.3 Å². The quantitative estimate of drug-likeness (QED) is 0.802. The summed E-state index contributed by atoms with van der Waals surface area (Å²) in [5.74, 6) is 0.823. The summed E-state index contributed by atoms with van der Waals surface area (Å²) in [6.45, 7) is 2.10. The van der Waals surface area contributed by atoms with E-state index < -0.39 is 0 Å². The Hall–Kier alpha value is -2.47. The van der Waals surface area contributed by atoms with Crippen LogP contribution in [0.1, 0.15) is 12.5 Å². The second kappa shape index (κ2) is 5.88. The van der Waals surface area contributed by atoms with Crippen LogP contribution in [0.15, 0.2) is 43.0 Å². The Kier molecular flexibility index (Phi) is 3.79. The van der Waals surface area contributed by atoms with Crippen LogP contribution in [-0.2, 0) is 6.42 Å². The molecule has 3 rings (SSSR count). The summed E-state index contributed by atoms with van der Waals surface area (Å²) in [5, 5.41) is 3.32. The van der Waals surface area contributed by atoms with E-state index in [0.29, 0.717) is 11.9 Å². The van der Waals surface area contributed by atoms with Gasteiger partial charge in [-0.05, 0) is 29.7 Å². The minimum Gasteiger partial charge on any atom is -0.324 e. The van der Waals surface area contributed by atoms with E-state index in [1.807, 2.05) is 18.2 Å². The Bertz CT molecular complexity index is 741. The molecule has 2 heterocycles. The second-order valence-corrected chi connectivity index (χ2v) is 4.67. The van der Waals surface area contributed by atoms with Crippen molar-refractivity contribution in [3.8, 4) is 5.95 Å². The lowest BCUT2D eigenvalue weighted by Gasteiger charge is -2.10. The van der Waals surface area contributed by atoms with E-state index in [9.17, 15) is 0 Å². The summed E-state index contributed by atoms with van der Waals surface area (Å²) in [6, 6.07) is 8.00. The molecule has 0 saturated heterocycles. The van der Waals surface area contributed by atoms with Crippen LogP contribution in [0, 0.1) is 0 Å². The van der Waals surface area contributed by atoms with E-state index in [0.717, 1.165) is 12.1 Å². The summed E-state index contributed by atoms with van der Waals surface area (Å²) in [5.41, 5.74) is 2.14. The van der Waals surface area contributed by atoms with Gasteiger partial charge in [-0.25, -0.2) is 4.98 Å². The molecule has 0 radical (unpaired) electrons. The van der Waals surface area contributed by atoms with Gasteiger partial charge in [-0.2, -0.15) is 15.0 Å². The normalized spacial score (nSPS) is 10.6. The van der Waals surface area contributed by atoms with Crippen molar-refractivity contribution < 1.29 is 0 Å². The van der Waals surface area contributed by atoms with E-state index in [4.69, 9.17) is 11.6 Å². The predicted molar refractivity (Wildman–Crippen MR) is 81.1 cm³/mol. The van der Waals surface area contributed by atoms with Gasteiger partial charge in [0.15, 0.2) is 0 Å². The highest BCUT2D eigenvalue weighted by Gasteiger charge is 2.08. The lowest BCUT2D eigenvalue weighted by atomic mass is 10.1. The summed E-state index contributed by atoms with van der Waals surface area (Å²) in [4.78, 5) is 16.5. The highest BCUT2D eigenvalue weighted by Crippen LogP contribution is 2.20. The van der Waals surface area contributed by atoms with Crippen LogP contribution in [0.25, 0.3) is 5.95 Å².